The monoisotopic (exact) mass is 358 g/mol. The van der Waals surface area contributed by atoms with Crippen molar-refractivity contribution < 1.29 is 9.18 Å². The number of nitrogens with zero attached hydrogens (tertiary/aromatic N) is 2. The average molecular weight is 358 g/mol. The van der Waals surface area contributed by atoms with Gasteiger partial charge < -0.3 is 10.6 Å². The third kappa shape index (κ3) is 3.80. The normalized spacial score (nSPS) is 13.8. The summed E-state index contributed by atoms with van der Waals surface area (Å²) in [4.78, 5) is 12.5. The molecule has 2 N–H and O–H groups in total. The SMILES string of the molecule is Cc1nn(CC(C)C)c(C)c1CC(=O)Nc1ccc2c(c1F)CCNC2. The number of nitrogens with one attached hydrogen (secondary N) is 2. The first-order valence-electron chi connectivity index (χ1n) is 9.20. The van der Waals surface area contributed by atoms with Crippen LogP contribution in [-0.4, -0.2) is 22.2 Å². The standard InChI is InChI=1S/C20H27FN4O/c1-12(2)11-25-14(4)17(13(3)24-25)9-19(26)23-18-6-5-15-10-22-8-7-16(15)20(18)21/h5-6,12,22H,7-11H2,1-4H3,(H,23,26). The topological polar surface area (TPSA) is 59.0 Å². The first-order chi connectivity index (χ1) is 12.4. The Labute approximate surface area is 154 Å². The molecule has 0 saturated carbocycles. The Morgan fingerprint density at radius 1 is 1.38 bits per heavy atom. The number of benzene rings is 1. The van der Waals surface area contributed by atoms with Crippen LogP contribution in [0, 0.1) is 25.6 Å². The van der Waals surface area contributed by atoms with Gasteiger partial charge in [-0.1, -0.05) is 19.9 Å². The quantitative estimate of drug-likeness (QED) is 0.863. The molecule has 0 unspecified atom stereocenters. The molecule has 0 saturated heterocycles. The number of carbonyl (C=O) groups excluding carboxylic acids is 1. The van der Waals surface area contributed by atoms with Crippen LogP contribution in [0.25, 0.3) is 0 Å². The smallest absolute Gasteiger partial charge is 0.229 e. The molecule has 0 bridgehead atoms. The van der Waals surface area contributed by atoms with E-state index >= 15 is 0 Å². The highest BCUT2D eigenvalue weighted by Crippen LogP contribution is 2.25. The van der Waals surface area contributed by atoms with E-state index in [0.717, 1.165) is 35.6 Å². The average Bonchev–Trinajstić information content (AvgIpc) is 2.84. The Morgan fingerprint density at radius 3 is 2.88 bits per heavy atom. The summed E-state index contributed by atoms with van der Waals surface area (Å²) in [6.07, 6.45) is 0.846. The molecule has 0 radical (unpaired) electrons. The Hall–Kier alpha value is -2.21. The molecule has 0 atom stereocenters. The van der Waals surface area contributed by atoms with Gasteiger partial charge in [0.1, 0.15) is 5.82 Å². The van der Waals surface area contributed by atoms with Crippen molar-refractivity contribution in [2.45, 2.75) is 53.6 Å². The van der Waals surface area contributed by atoms with Crippen molar-refractivity contribution in [3.63, 3.8) is 0 Å². The van der Waals surface area contributed by atoms with Gasteiger partial charge in [-0.25, -0.2) is 4.39 Å². The predicted molar refractivity (Wildman–Crippen MR) is 101 cm³/mol. The number of carbonyl (C=O) groups is 1. The summed E-state index contributed by atoms with van der Waals surface area (Å²) >= 11 is 0. The summed E-state index contributed by atoms with van der Waals surface area (Å²) < 4.78 is 16.7. The van der Waals surface area contributed by atoms with E-state index in [1.165, 1.54) is 0 Å². The largest absolute Gasteiger partial charge is 0.323 e. The fraction of sp³-hybridized carbons (Fsp3) is 0.500. The van der Waals surface area contributed by atoms with Crippen molar-refractivity contribution in [3.8, 4) is 0 Å². The molecule has 0 fully saturated rings. The van der Waals surface area contributed by atoms with Crippen molar-refractivity contribution >= 4 is 11.6 Å². The van der Waals surface area contributed by atoms with Gasteiger partial charge in [0.05, 0.1) is 17.8 Å². The highest BCUT2D eigenvalue weighted by Gasteiger charge is 2.19. The van der Waals surface area contributed by atoms with Crippen LogP contribution in [0.15, 0.2) is 12.1 Å². The second kappa shape index (κ2) is 7.58. The van der Waals surface area contributed by atoms with Gasteiger partial charge in [0, 0.05) is 24.3 Å². The van der Waals surface area contributed by atoms with E-state index in [1.807, 2.05) is 24.6 Å². The van der Waals surface area contributed by atoms with Crippen molar-refractivity contribution in [2.75, 3.05) is 11.9 Å². The fourth-order valence-electron chi connectivity index (χ4n) is 3.50. The van der Waals surface area contributed by atoms with Gasteiger partial charge in [-0.3, -0.25) is 9.48 Å². The van der Waals surface area contributed by atoms with Crippen LogP contribution in [0.5, 0.6) is 0 Å². The highest BCUT2D eigenvalue weighted by atomic mass is 19.1. The van der Waals surface area contributed by atoms with Gasteiger partial charge in [-0.2, -0.15) is 5.10 Å². The Balaban J connectivity index is 1.75. The first-order valence-corrected chi connectivity index (χ1v) is 9.20. The van der Waals surface area contributed by atoms with E-state index < -0.39 is 0 Å². The lowest BCUT2D eigenvalue weighted by Crippen LogP contribution is -2.25. The van der Waals surface area contributed by atoms with Crippen LogP contribution >= 0.6 is 0 Å². The zero-order chi connectivity index (χ0) is 18.8. The van der Waals surface area contributed by atoms with E-state index in [4.69, 9.17) is 0 Å². The maximum absolute atomic E-state index is 14.7. The zero-order valence-electron chi connectivity index (χ0n) is 15.9. The number of rotatable bonds is 5. The summed E-state index contributed by atoms with van der Waals surface area (Å²) in [6, 6.07) is 3.54. The third-order valence-corrected chi connectivity index (χ3v) is 4.89. The summed E-state index contributed by atoms with van der Waals surface area (Å²) in [5.74, 6) is -0.0388. The van der Waals surface area contributed by atoms with Crippen LogP contribution in [-0.2, 0) is 30.7 Å². The van der Waals surface area contributed by atoms with E-state index in [9.17, 15) is 9.18 Å². The molecule has 5 nitrogen and oxygen atoms in total. The number of halogens is 1. The van der Waals surface area contributed by atoms with Gasteiger partial charge in [-0.15, -0.1) is 0 Å². The zero-order valence-corrected chi connectivity index (χ0v) is 15.9. The molecule has 1 aromatic carbocycles. The lowest BCUT2D eigenvalue weighted by atomic mass is 9.99. The molecule has 1 aliphatic heterocycles. The molecule has 2 heterocycles. The Bertz CT molecular complexity index is 826. The molecule has 1 aliphatic rings. The number of hydrogen-bond donors (Lipinski definition) is 2. The van der Waals surface area contributed by atoms with E-state index in [2.05, 4.69) is 29.6 Å². The van der Waals surface area contributed by atoms with E-state index in [-0.39, 0.29) is 23.8 Å². The Kier molecular flexibility index (Phi) is 5.41. The Morgan fingerprint density at radius 2 is 2.15 bits per heavy atom. The van der Waals surface area contributed by atoms with Crippen molar-refractivity contribution in [1.82, 2.24) is 15.1 Å². The lowest BCUT2D eigenvalue weighted by molar-refractivity contribution is -0.115. The van der Waals surface area contributed by atoms with Crippen molar-refractivity contribution in [1.29, 1.82) is 0 Å². The van der Waals surface area contributed by atoms with Crippen LogP contribution in [0.2, 0.25) is 0 Å². The maximum Gasteiger partial charge on any atom is 0.229 e. The number of hydrogen-bond acceptors (Lipinski definition) is 3. The summed E-state index contributed by atoms with van der Waals surface area (Å²) in [7, 11) is 0. The number of fused-ring (bicyclic) bond motifs is 1. The highest BCUT2D eigenvalue weighted by molar-refractivity contribution is 5.92. The molecule has 2 aromatic rings. The van der Waals surface area contributed by atoms with Crippen molar-refractivity contribution in [2.24, 2.45) is 5.92 Å². The van der Waals surface area contributed by atoms with Gasteiger partial charge in [0.15, 0.2) is 0 Å². The third-order valence-electron chi connectivity index (χ3n) is 4.89. The minimum Gasteiger partial charge on any atom is -0.323 e. The molecule has 140 valence electrons. The minimum atomic E-state index is -0.304. The van der Waals surface area contributed by atoms with Crippen LogP contribution in [0.4, 0.5) is 10.1 Å². The molecule has 6 heteroatoms. The van der Waals surface area contributed by atoms with E-state index in [1.54, 1.807) is 6.07 Å². The molecule has 0 spiro atoms. The molecule has 26 heavy (non-hydrogen) atoms. The van der Waals surface area contributed by atoms with Crippen LogP contribution < -0.4 is 10.6 Å². The van der Waals surface area contributed by atoms with Gasteiger partial charge in [-0.05, 0) is 49.9 Å². The second-order valence-corrected chi connectivity index (χ2v) is 7.44. The maximum atomic E-state index is 14.7. The van der Waals surface area contributed by atoms with Gasteiger partial charge >= 0.3 is 0 Å². The summed E-state index contributed by atoms with van der Waals surface area (Å²) in [5.41, 5.74) is 4.72. The number of aryl methyl sites for hydroxylation is 1. The predicted octanol–water partition coefficient (Wildman–Crippen LogP) is 3.12. The molecule has 3 rings (SSSR count). The number of amides is 1. The fourth-order valence-corrected chi connectivity index (χ4v) is 3.50. The molecular weight excluding hydrogens is 331 g/mol. The second-order valence-electron chi connectivity index (χ2n) is 7.44. The summed E-state index contributed by atoms with van der Waals surface area (Å²) in [5, 5.41) is 10.5. The van der Waals surface area contributed by atoms with Crippen LogP contribution in [0.1, 0.15) is 41.9 Å². The van der Waals surface area contributed by atoms with E-state index in [0.29, 0.717) is 24.4 Å². The van der Waals surface area contributed by atoms with Gasteiger partial charge in [0.25, 0.3) is 0 Å². The molecule has 0 aliphatic carbocycles. The number of aromatic nitrogens is 2. The summed E-state index contributed by atoms with van der Waals surface area (Å²) in [6.45, 7) is 10.4. The molecular formula is C20H27FN4O. The lowest BCUT2D eigenvalue weighted by Gasteiger charge is -2.19. The number of anilines is 1. The van der Waals surface area contributed by atoms with Crippen molar-refractivity contribution in [3.05, 3.63) is 46.0 Å². The molecule has 1 amide bonds. The minimum absolute atomic E-state index is 0.202. The first kappa shape index (κ1) is 18.6. The van der Waals surface area contributed by atoms with Gasteiger partial charge in [0.2, 0.25) is 5.91 Å². The van der Waals surface area contributed by atoms with Crippen LogP contribution in [0.3, 0.4) is 0 Å². The molecule has 1 aromatic heterocycles.